The topological polar surface area (TPSA) is 83.7 Å². The van der Waals surface area contributed by atoms with E-state index in [2.05, 4.69) is 0 Å². The zero-order chi connectivity index (χ0) is 15.5. The summed E-state index contributed by atoms with van der Waals surface area (Å²) in [7, 11) is 0. The van der Waals surface area contributed by atoms with E-state index in [4.69, 9.17) is 16.7 Å². The maximum absolute atomic E-state index is 11.0. The zero-order valence-electron chi connectivity index (χ0n) is 11.6. The van der Waals surface area contributed by atoms with Crippen molar-refractivity contribution >= 4 is 23.3 Å². The predicted octanol–water partition coefficient (Wildman–Crippen LogP) is 2.93. The minimum atomic E-state index is -0.991. The molecule has 0 aliphatic rings. The molecule has 110 valence electrons. The lowest BCUT2D eigenvalue weighted by Crippen LogP contribution is -2.44. The van der Waals surface area contributed by atoms with Crippen molar-refractivity contribution in [1.82, 2.24) is 4.90 Å². The summed E-state index contributed by atoms with van der Waals surface area (Å²) in [6, 6.07) is 4.43. The van der Waals surface area contributed by atoms with Crippen molar-refractivity contribution in [3.63, 3.8) is 0 Å². The molecule has 1 aromatic rings. The van der Waals surface area contributed by atoms with E-state index in [0.29, 0.717) is 5.56 Å². The molecule has 7 heteroatoms. The van der Waals surface area contributed by atoms with Gasteiger partial charge in [-0.15, -0.1) is 0 Å². The number of carbonyl (C=O) groups is 1. The number of hydrogen-bond acceptors (Lipinski definition) is 4. The third kappa shape index (κ3) is 4.18. The van der Waals surface area contributed by atoms with Gasteiger partial charge in [-0.1, -0.05) is 17.7 Å². The summed E-state index contributed by atoms with van der Waals surface area (Å²) in [6.07, 6.45) is 0. The van der Waals surface area contributed by atoms with Crippen molar-refractivity contribution in [2.24, 2.45) is 0 Å². The van der Waals surface area contributed by atoms with E-state index in [0.717, 1.165) is 0 Å². The highest BCUT2D eigenvalue weighted by atomic mass is 35.5. The lowest BCUT2D eigenvalue weighted by Gasteiger charge is -2.34. The molecule has 0 spiro atoms. The van der Waals surface area contributed by atoms with Crippen LogP contribution in [0.1, 0.15) is 26.3 Å². The molecule has 20 heavy (non-hydrogen) atoms. The SMILES string of the molecule is CC(C)(C)N(CC(=O)O)Cc1c(Cl)cccc1[N+](=O)[O-]. The standard InChI is InChI=1S/C13H17ClN2O4/c1-13(2,3)15(8-12(17)18)7-9-10(14)5-4-6-11(9)16(19)20/h4-6H,7-8H2,1-3H3,(H,17,18). The molecule has 1 rings (SSSR count). The number of carboxylic acids is 1. The second-order valence-corrected chi connectivity index (χ2v) is 5.82. The number of aliphatic carboxylic acids is 1. The molecule has 0 aliphatic heterocycles. The van der Waals surface area contributed by atoms with E-state index in [1.165, 1.54) is 12.1 Å². The van der Waals surface area contributed by atoms with E-state index < -0.39 is 16.4 Å². The third-order valence-electron chi connectivity index (χ3n) is 2.91. The van der Waals surface area contributed by atoms with Crippen molar-refractivity contribution in [3.8, 4) is 0 Å². The molecule has 0 radical (unpaired) electrons. The van der Waals surface area contributed by atoms with Gasteiger partial charge < -0.3 is 5.11 Å². The number of nitrogens with zero attached hydrogens (tertiary/aromatic N) is 2. The molecule has 0 aromatic heterocycles. The first-order chi connectivity index (χ1) is 9.12. The van der Waals surface area contributed by atoms with Crippen molar-refractivity contribution < 1.29 is 14.8 Å². The molecule has 6 nitrogen and oxygen atoms in total. The molecule has 0 unspecified atom stereocenters. The van der Waals surface area contributed by atoms with Crippen LogP contribution in [0, 0.1) is 10.1 Å². The summed E-state index contributed by atoms with van der Waals surface area (Å²) < 4.78 is 0. The van der Waals surface area contributed by atoms with Crippen LogP contribution in [0.3, 0.4) is 0 Å². The summed E-state index contributed by atoms with van der Waals surface area (Å²) >= 11 is 6.03. The summed E-state index contributed by atoms with van der Waals surface area (Å²) in [4.78, 5) is 23.1. The lowest BCUT2D eigenvalue weighted by atomic mass is 10.0. The molecule has 0 heterocycles. The molecule has 1 aromatic carbocycles. The van der Waals surface area contributed by atoms with Gasteiger partial charge in [0.2, 0.25) is 0 Å². The normalized spacial score (nSPS) is 11.7. The minimum absolute atomic E-state index is 0.0999. The molecule has 0 bridgehead atoms. The molecular weight excluding hydrogens is 284 g/mol. The van der Waals surface area contributed by atoms with Gasteiger partial charge in [-0.05, 0) is 26.8 Å². The average Bonchev–Trinajstić information content (AvgIpc) is 2.28. The summed E-state index contributed by atoms with van der Waals surface area (Å²) in [5.74, 6) is -0.991. The largest absolute Gasteiger partial charge is 0.480 e. The first kappa shape index (κ1) is 16.4. The summed E-state index contributed by atoms with van der Waals surface area (Å²) in [6.45, 7) is 5.42. The Balaban J connectivity index is 3.17. The van der Waals surface area contributed by atoms with Gasteiger partial charge in [0, 0.05) is 18.2 Å². The number of hydrogen-bond donors (Lipinski definition) is 1. The van der Waals surface area contributed by atoms with E-state index in [1.54, 1.807) is 11.0 Å². The first-order valence-electron chi connectivity index (χ1n) is 6.01. The first-order valence-corrected chi connectivity index (χ1v) is 6.39. The van der Waals surface area contributed by atoms with Gasteiger partial charge >= 0.3 is 5.97 Å². The van der Waals surface area contributed by atoms with Crippen LogP contribution in [0.15, 0.2) is 18.2 Å². The molecule has 1 N–H and O–H groups in total. The second-order valence-electron chi connectivity index (χ2n) is 5.42. The number of halogens is 1. The van der Waals surface area contributed by atoms with E-state index in [1.807, 2.05) is 20.8 Å². The average molecular weight is 301 g/mol. The van der Waals surface area contributed by atoms with E-state index in [-0.39, 0.29) is 23.8 Å². The number of nitro benzene ring substituents is 1. The maximum atomic E-state index is 11.0. The Bertz CT molecular complexity index is 526. The Kier molecular flexibility index (Phi) is 5.08. The third-order valence-corrected chi connectivity index (χ3v) is 3.27. The fourth-order valence-corrected chi connectivity index (χ4v) is 1.99. The number of benzene rings is 1. The van der Waals surface area contributed by atoms with Gasteiger partial charge in [-0.25, -0.2) is 0 Å². The van der Waals surface area contributed by atoms with Crippen LogP contribution in [-0.4, -0.2) is 33.0 Å². The minimum Gasteiger partial charge on any atom is -0.480 e. The van der Waals surface area contributed by atoms with Gasteiger partial charge in [0.15, 0.2) is 0 Å². The molecule has 0 saturated heterocycles. The van der Waals surface area contributed by atoms with Crippen LogP contribution in [0.2, 0.25) is 5.02 Å². The molecule has 0 atom stereocenters. The Morgan fingerprint density at radius 1 is 1.45 bits per heavy atom. The van der Waals surface area contributed by atoms with Crippen LogP contribution in [0.5, 0.6) is 0 Å². The predicted molar refractivity (Wildman–Crippen MR) is 75.9 cm³/mol. The zero-order valence-corrected chi connectivity index (χ0v) is 12.3. The number of rotatable bonds is 5. The van der Waals surface area contributed by atoms with Crippen LogP contribution < -0.4 is 0 Å². The molecule has 0 aliphatic carbocycles. The van der Waals surface area contributed by atoms with Crippen LogP contribution in [0.25, 0.3) is 0 Å². The lowest BCUT2D eigenvalue weighted by molar-refractivity contribution is -0.385. The summed E-state index contributed by atoms with van der Waals surface area (Å²) in [5.41, 5.74) is -0.224. The fourth-order valence-electron chi connectivity index (χ4n) is 1.76. The van der Waals surface area contributed by atoms with Gasteiger partial charge in [0.05, 0.1) is 22.1 Å². The quantitative estimate of drug-likeness (QED) is 0.667. The highest BCUT2D eigenvalue weighted by Crippen LogP contribution is 2.29. The van der Waals surface area contributed by atoms with E-state index >= 15 is 0 Å². The molecular formula is C13H17ClN2O4. The highest BCUT2D eigenvalue weighted by Gasteiger charge is 2.27. The van der Waals surface area contributed by atoms with Crippen LogP contribution in [-0.2, 0) is 11.3 Å². The van der Waals surface area contributed by atoms with Crippen LogP contribution >= 0.6 is 11.6 Å². The van der Waals surface area contributed by atoms with Crippen molar-refractivity contribution in [2.45, 2.75) is 32.9 Å². The van der Waals surface area contributed by atoms with Gasteiger partial charge in [-0.3, -0.25) is 19.8 Å². The van der Waals surface area contributed by atoms with Crippen molar-refractivity contribution in [3.05, 3.63) is 38.9 Å². The van der Waals surface area contributed by atoms with Crippen molar-refractivity contribution in [2.75, 3.05) is 6.54 Å². The van der Waals surface area contributed by atoms with Gasteiger partial charge in [0.25, 0.3) is 5.69 Å². The molecule has 0 amide bonds. The fraction of sp³-hybridized carbons (Fsp3) is 0.462. The second kappa shape index (κ2) is 6.19. The monoisotopic (exact) mass is 300 g/mol. The molecule has 0 fully saturated rings. The van der Waals surface area contributed by atoms with Crippen molar-refractivity contribution in [1.29, 1.82) is 0 Å². The Morgan fingerprint density at radius 2 is 2.05 bits per heavy atom. The molecule has 0 saturated carbocycles. The Labute approximate surface area is 122 Å². The number of nitro groups is 1. The highest BCUT2D eigenvalue weighted by molar-refractivity contribution is 6.31. The maximum Gasteiger partial charge on any atom is 0.317 e. The Morgan fingerprint density at radius 3 is 2.50 bits per heavy atom. The van der Waals surface area contributed by atoms with E-state index in [9.17, 15) is 14.9 Å². The van der Waals surface area contributed by atoms with Gasteiger partial charge in [-0.2, -0.15) is 0 Å². The van der Waals surface area contributed by atoms with Gasteiger partial charge in [0.1, 0.15) is 0 Å². The smallest absolute Gasteiger partial charge is 0.317 e. The Hall–Kier alpha value is -1.66. The summed E-state index contributed by atoms with van der Waals surface area (Å²) in [5, 5.41) is 20.3. The number of carboxylic acid groups (broad SMARTS) is 1. The van der Waals surface area contributed by atoms with Crippen LogP contribution in [0.4, 0.5) is 5.69 Å².